The van der Waals surface area contributed by atoms with Gasteiger partial charge in [0.15, 0.2) is 0 Å². The molecule has 1 aromatic carbocycles. The summed E-state index contributed by atoms with van der Waals surface area (Å²) in [4.78, 5) is 14.0. The fraction of sp³-hybridized carbons (Fsp3) is 0.417. The minimum absolute atomic E-state index is 0.0515. The Bertz CT molecular complexity index is 435. The second-order valence-corrected chi connectivity index (χ2v) is 6.06. The maximum atomic E-state index is 13.0. The number of thioether (sulfide) groups is 1. The molecule has 0 radical (unpaired) electrons. The topological polar surface area (TPSA) is 20.3 Å². The van der Waals surface area contributed by atoms with Gasteiger partial charge in [-0.1, -0.05) is 0 Å². The average Bonchev–Trinajstić information content (AvgIpc) is 2.80. The van der Waals surface area contributed by atoms with Crippen LogP contribution in [-0.2, 0) is 0 Å². The molecule has 2 rings (SSSR count). The van der Waals surface area contributed by atoms with Crippen LogP contribution in [0.4, 0.5) is 4.39 Å². The van der Waals surface area contributed by atoms with Gasteiger partial charge in [0.25, 0.3) is 5.91 Å². The van der Waals surface area contributed by atoms with Crippen LogP contribution in [-0.4, -0.2) is 35.4 Å². The summed E-state index contributed by atoms with van der Waals surface area (Å²) in [5.41, 5.74) is 0.519. The van der Waals surface area contributed by atoms with E-state index in [-0.39, 0.29) is 11.7 Å². The molecule has 0 aliphatic carbocycles. The number of carbonyl (C=O) groups is 1. The molecule has 0 bridgehead atoms. The molecule has 92 valence electrons. The van der Waals surface area contributed by atoms with Crippen LogP contribution in [0.1, 0.15) is 16.8 Å². The van der Waals surface area contributed by atoms with E-state index in [1.165, 1.54) is 18.2 Å². The zero-order chi connectivity index (χ0) is 12.4. The zero-order valence-corrected chi connectivity index (χ0v) is 11.9. The lowest BCUT2D eigenvalue weighted by atomic mass is 10.1. The quantitative estimate of drug-likeness (QED) is 0.835. The molecule has 1 aromatic rings. The Hall–Kier alpha value is -0.550. The Labute approximate surface area is 113 Å². The molecular formula is C12H13BrFNOS. The molecule has 5 heteroatoms. The number of hydrogen-bond acceptors (Lipinski definition) is 2. The van der Waals surface area contributed by atoms with Crippen LogP contribution in [0.3, 0.4) is 0 Å². The number of halogens is 2. The van der Waals surface area contributed by atoms with Gasteiger partial charge in [-0.2, -0.15) is 11.8 Å². The van der Waals surface area contributed by atoms with E-state index in [1.807, 2.05) is 18.8 Å². The summed E-state index contributed by atoms with van der Waals surface area (Å²) < 4.78 is 13.5. The summed E-state index contributed by atoms with van der Waals surface area (Å²) in [7, 11) is 1.81. The number of amides is 1. The lowest BCUT2D eigenvalue weighted by molar-refractivity contribution is 0.0747. The number of hydrogen-bond donors (Lipinski definition) is 0. The van der Waals surface area contributed by atoms with Crippen LogP contribution < -0.4 is 0 Å². The van der Waals surface area contributed by atoms with E-state index in [1.54, 1.807) is 4.90 Å². The second kappa shape index (κ2) is 5.40. The maximum absolute atomic E-state index is 13.0. The normalized spacial score (nSPS) is 19.4. The van der Waals surface area contributed by atoms with E-state index in [9.17, 15) is 9.18 Å². The van der Waals surface area contributed by atoms with E-state index in [0.717, 1.165) is 17.9 Å². The van der Waals surface area contributed by atoms with Gasteiger partial charge in [-0.3, -0.25) is 4.79 Å². The lowest BCUT2D eigenvalue weighted by Crippen LogP contribution is -2.37. The number of benzene rings is 1. The van der Waals surface area contributed by atoms with Crippen molar-refractivity contribution in [3.63, 3.8) is 0 Å². The minimum atomic E-state index is -0.340. The molecule has 1 fully saturated rings. The molecule has 2 nitrogen and oxygen atoms in total. The van der Waals surface area contributed by atoms with Gasteiger partial charge in [0, 0.05) is 23.3 Å². The van der Waals surface area contributed by atoms with E-state index in [0.29, 0.717) is 16.1 Å². The Morgan fingerprint density at radius 3 is 2.94 bits per heavy atom. The first kappa shape index (κ1) is 12.9. The van der Waals surface area contributed by atoms with Crippen molar-refractivity contribution in [1.29, 1.82) is 0 Å². The monoisotopic (exact) mass is 317 g/mol. The van der Waals surface area contributed by atoms with Gasteiger partial charge in [-0.15, -0.1) is 0 Å². The third-order valence-electron chi connectivity index (χ3n) is 2.94. The minimum Gasteiger partial charge on any atom is -0.338 e. The van der Waals surface area contributed by atoms with Crippen LogP contribution in [0.2, 0.25) is 0 Å². The molecule has 0 aromatic heterocycles. The first-order chi connectivity index (χ1) is 8.09. The molecule has 1 aliphatic heterocycles. The summed E-state index contributed by atoms with van der Waals surface area (Å²) in [6, 6.07) is 4.46. The highest BCUT2D eigenvalue weighted by molar-refractivity contribution is 9.10. The molecule has 1 aliphatic rings. The van der Waals surface area contributed by atoms with Crippen molar-refractivity contribution in [1.82, 2.24) is 4.90 Å². The summed E-state index contributed by atoms with van der Waals surface area (Å²) in [5.74, 6) is 1.70. The van der Waals surface area contributed by atoms with Gasteiger partial charge < -0.3 is 4.90 Å². The van der Waals surface area contributed by atoms with Crippen LogP contribution in [0, 0.1) is 5.82 Å². The largest absolute Gasteiger partial charge is 0.338 e. The molecule has 1 saturated heterocycles. The smallest absolute Gasteiger partial charge is 0.255 e. The van der Waals surface area contributed by atoms with Crippen LogP contribution in [0.5, 0.6) is 0 Å². The third kappa shape index (κ3) is 2.83. The molecule has 1 atom stereocenters. The first-order valence-corrected chi connectivity index (χ1v) is 7.34. The lowest BCUT2D eigenvalue weighted by Gasteiger charge is -2.24. The fourth-order valence-electron chi connectivity index (χ4n) is 1.85. The Morgan fingerprint density at radius 2 is 2.35 bits per heavy atom. The highest BCUT2D eigenvalue weighted by Gasteiger charge is 2.25. The van der Waals surface area contributed by atoms with Crippen molar-refractivity contribution >= 4 is 33.6 Å². The summed E-state index contributed by atoms with van der Waals surface area (Å²) >= 11 is 5.10. The standard InChI is InChI=1S/C12H13BrFNOS/c1-15(9-4-5-17-7-9)12(16)10-3-2-8(14)6-11(10)13/h2-3,6,9H,4-5,7H2,1H3. The Balaban J connectivity index is 2.18. The molecule has 0 spiro atoms. The van der Waals surface area contributed by atoms with Gasteiger partial charge >= 0.3 is 0 Å². The van der Waals surface area contributed by atoms with Crippen molar-refractivity contribution < 1.29 is 9.18 Å². The highest BCUT2D eigenvalue weighted by Crippen LogP contribution is 2.25. The van der Waals surface area contributed by atoms with E-state index in [4.69, 9.17) is 0 Å². The van der Waals surface area contributed by atoms with Gasteiger partial charge in [0.1, 0.15) is 5.82 Å². The summed E-state index contributed by atoms with van der Waals surface area (Å²) in [5, 5.41) is 0. The van der Waals surface area contributed by atoms with Crippen molar-refractivity contribution in [2.45, 2.75) is 12.5 Å². The van der Waals surface area contributed by atoms with Crippen molar-refractivity contribution in [2.75, 3.05) is 18.6 Å². The van der Waals surface area contributed by atoms with E-state index in [2.05, 4.69) is 15.9 Å². The highest BCUT2D eigenvalue weighted by atomic mass is 79.9. The van der Waals surface area contributed by atoms with Gasteiger partial charge in [-0.05, 0) is 46.3 Å². The van der Waals surface area contributed by atoms with E-state index >= 15 is 0 Å². The Morgan fingerprint density at radius 1 is 1.59 bits per heavy atom. The molecular weight excluding hydrogens is 305 g/mol. The predicted molar refractivity (Wildman–Crippen MR) is 71.9 cm³/mol. The molecule has 1 heterocycles. The fourth-order valence-corrected chi connectivity index (χ4v) is 3.63. The molecule has 1 unspecified atom stereocenters. The van der Waals surface area contributed by atoms with Crippen molar-refractivity contribution in [3.05, 3.63) is 34.1 Å². The predicted octanol–water partition coefficient (Wildman–Crippen LogP) is 3.17. The van der Waals surface area contributed by atoms with Crippen LogP contribution in [0.25, 0.3) is 0 Å². The van der Waals surface area contributed by atoms with Gasteiger partial charge in [0.05, 0.1) is 5.56 Å². The molecule has 17 heavy (non-hydrogen) atoms. The SMILES string of the molecule is CN(C(=O)c1ccc(F)cc1Br)C1CCSC1. The summed E-state index contributed by atoms with van der Waals surface area (Å²) in [6.07, 6.45) is 1.03. The number of nitrogens with zero attached hydrogens (tertiary/aromatic N) is 1. The van der Waals surface area contributed by atoms with Crippen molar-refractivity contribution in [2.24, 2.45) is 0 Å². The van der Waals surface area contributed by atoms with Crippen LogP contribution >= 0.6 is 27.7 Å². The molecule has 1 amide bonds. The van der Waals surface area contributed by atoms with E-state index < -0.39 is 0 Å². The number of carbonyl (C=O) groups excluding carboxylic acids is 1. The third-order valence-corrected chi connectivity index (χ3v) is 4.74. The van der Waals surface area contributed by atoms with Gasteiger partial charge in [-0.25, -0.2) is 4.39 Å². The summed E-state index contributed by atoms with van der Waals surface area (Å²) in [6.45, 7) is 0. The first-order valence-electron chi connectivity index (χ1n) is 5.39. The number of rotatable bonds is 2. The second-order valence-electron chi connectivity index (χ2n) is 4.06. The van der Waals surface area contributed by atoms with Crippen molar-refractivity contribution in [3.8, 4) is 0 Å². The zero-order valence-electron chi connectivity index (χ0n) is 9.45. The maximum Gasteiger partial charge on any atom is 0.255 e. The van der Waals surface area contributed by atoms with Gasteiger partial charge in [0.2, 0.25) is 0 Å². The average molecular weight is 318 g/mol. The molecule has 0 saturated carbocycles. The molecule has 0 N–H and O–H groups in total. The van der Waals surface area contributed by atoms with Crippen LogP contribution in [0.15, 0.2) is 22.7 Å². The Kier molecular flexibility index (Phi) is 4.09.